The van der Waals surface area contributed by atoms with Gasteiger partial charge < -0.3 is 14.0 Å². The lowest BCUT2D eigenvalue weighted by Crippen LogP contribution is -2.22. The first-order chi connectivity index (χ1) is 14.7. The molecule has 0 aliphatic carbocycles. The largest absolute Gasteiger partial charge is 0.495 e. The Hall–Kier alpha value is -3.61. The van der Waals surface area contributed by atoms with E-state index in [2.05, 4.69) is 40.3 Å². The van der Waals surface area contributed by atoms with Gasteiger partial charge in [0.1, 0.15) is 5.75 Å². The molecule has 7 nitrogen and oxygen atoms in total. The highest BCUT2D eigenvalue weighted by molar-refractivity contribution is 5.49. The maximum atomic E-state index is 5.77. The topological polar surface area (TPSA) is 67.0 Å². The van der Waals surface area contributed by atoms with Crippen molar-refractivity contribution >= 4 is 0 Å². The predicted octanol–water partition coefficient (Wildman–Crippen LogP) is 3.74. The molecule has 4 aromatic rings. The second-order valence-corrected chi connectivity index (χ2v) is 7.42. The van der Waals surface area contributed by atoms with E-state index in [-0.39, 0.29) is 6.04 Å². The number of nitrogens with zero attached hydrogens (tertiary/aromatic N) is 5. The Bertz CT molecular complexity index is 1170. The Labute approximate surface area is 174 Å². The summed E-state index contributed by atoms with van der Waals surface area (Å²) in [7, 11) is 1.68. The van der Waals surface area contributed by atoms with Crippen LogP contribution in [0.5, 0.6) is 11.8 Å². The number of aryl methyl sites for hydroxylation is 1. The van der Waals surface area contributed by atoms with Gasteiger partial charge in [0.25, 0.3) is 0 Å². The van der Waals surface area contributed by atoms with E-state index in [0.717, 1.165) is 34.9 Å². The first-order valence-corrected chi connectivity index (χ1v) is 10.0. The van der Waals surface area contributed by atoms with Gasteiger partial charge in [-0.05, 0) is 30.2 Å². The highest BCUT2D eigenvalue weighted by Crippen LogP contribution is 2.30. The molecule has 0 fully saturated rings. The van der Waals surface area contributed by atoms with Crippen LogP contribution >= 0.6 is 0 Å². The first-order valence-electron chi connectivity index (χ1n) is 10.0. The average Bonchev–Trinajstić information content (AvgIpc) is 3.39. The van der Waals surface area contributed by atoms with Crippen molar-refractivity contribution in [1.29, 1.82) is 0 Å². The molecule has 0 saturated heterocycles. The number of ether oxygens (including phenoxy) is 2. The molecule has 1 unspecified atom stereocenters. The fourth-order valence-corrected chi connectivity index (χ4v) is 3.88. The summed E-state index contributed by atoms with van der Waals surface area (Å²) in [6.45, 7) is 2.61. The number of aromatic nitrogens is 5. The van der Waals surface area contributed by atoms with Crippen molar-refractivity contribution in [2.75, 3.05) is 13.7 Å². The van der Waals surface area contributed by atoms with Crippen molar-refractivity contribution in [3.63, 3.8) is 0 Å². The lowest BCUT2D eigenvalue weighted by atomic mass is 10.0. The van der Waals surface area contributed by atoms with Crippen LogP contribution in [0, 0.1) is 6.92 Å². The molecule has 5 rings (SSSR count). The molecule has 1 atom stereocenters. The van der Waals surface area contributed by atoms with E-state index in [1.807, 2.05) is 40.6 Å². The van der Waals surface area contributed by atoms with Gasteiger partial charge in [-0.15, -0.1) is 0 Å². The molecule has 152 valence electrons. The number of benzene rings is 2. The number of hydrogen-bond acceptors (Lipinski definition) is 5. The number of hydrogen-bond donors (Lipinski definition) is 0. The van der Waals surface area contributed by atoms with Crippen molar-refractivity contribution in [3.05, 3.63) is 83.7 Å². The molecule has 2 aromatic carbocycles. The van der Waals surface area contributed by atoms with Crippen molar-refractivity contribution in [2.45, 2.75) is 25.8 Å². The molecule has 0 N–H and O–H groups in total. The smallest absolute Gasteiger partial charge is 0.315 e. The molecule has 2 aromatic heterocycles. The van der Waals surface area contributed by atoms with Crippen LogP contribution in [-0.4, -0.2) is 38.0 Å². The maximum Gasteiger partial charge on any atom is 0.315 e. The van der Waals surface area contributed by atoms with E-state index in [9.17, 15) is 0 Å². The lowest BCUT2D eigenvalue weighted by Gasteiger charge is -2.23. The van der Waals surface area contributed by atoms with Gasteiger partial charge in [0.05, 0.1) is 37.5 Å². The third kappa shape index (κ3) is 3.43. The number of fused-ring (bicyclic) bond motifs is 1. The third-order valence-corrected chi connectivity index (χ3v) is 5.34. The van der Waals surface area contributed by atoms with E-state index in [0.29, 0.717) is 19.0 Å². The van der Waals surface area contributed by atoms with Crippen LogP contribution in [-0.2, 0) is 6.42 Å². The highest BCUT2D eigenvalue weighted by Gasteiger charge is 2.26. The molecule has 0 bridgehead atoms. The second-order valence-electron chi connectivity index (χ2n) is 7.42. The van der Waals surface area contributed by atoms with Gasteiger partial charge in [-0.25, -0.2) is 9.67 Å². The number of methoxy groups -OCH3 is 1. The Morgan fingerprint density at radius 1 is 1.17 bits per heavy atom. The van der Waals surface area contributed by atoms with Crippen molar-refractivity contribution in [2.24, 2.45) is 0 Å². The zero-order valence-corrected chi connectivity index (χ0v) is 17.0. The van der Waals surface area contributed by atoms with Crippen LogP contribution in [0.1, 0.15) is 35.1 Å². The van der Waals surface area contributed by atoms with Crippen LogP contribution < -0.4 is 9.47 Å². The van der Waals surface area contributed by atoms with E-state index in [1.165, 1.54) is 5.56 Å². The summed E-state index contributed by atoms with van der Waals surface area (Å²) in [6.07, 6.45) is 5.25. The molecular weight excluding hydrogens is 378 g/mol. The Morgan fingerprint density at radius 2 is 2.03 bits per heavy atom. The van der Waals surface area contributed by atoms with Gasteiger partial charge in [-0.2, -0.15) is 10.1 Å². The molecule has 30 heavy (non-hydrogen) atoms. The second kappa shape index (κ2) is 7.67. The molecule has 0 saturated carbocycles. The Morgan fingerprint density at radius 3 is 2.80 bits per heavy atom. The van der Waals surface area contributed by atoms with Crippen LogP contribution in [0.3, 0.4) is 0 Å². The van der Waals surface area contributed by atoms with Crippen LogP contribution in [0.15, 0.2) is 61.1 Å². The minimum Gasteiger partial charge on any atom is -0.495 e. The summed E-state index contributed by atoms with van der Waals surface area (Å²) in [4.78, 5) is 8.93. The minimum atomic E-state index is 0.151. The summed E-state index contributed by atoms with van der Waals surface area (Å²) < 4.78 is 15.3. The number of rotatable bonds is 5. The molecule has 3 heterocycles. The number of imidazole rings is 1. The van der Waals surface area contributed by atoms with Gasteiger partial charge >= 0.3 is 6.01 Å². The quantitative estimate of drug-likeness (QED) is 0.510. The highest BCUT2D eigenvalue weighted by atomic mass is 16.5. The Balaban J connectivity index is 1.42. The molecule has 7 heteroatoms. The zero-order valence-electron chi connectivity index (χ0n) is 17.0. The molecule has 1 aliphatic rings. The molecule has 0 spiro atoms. The van der Waals surface area contributed by atoms with Crippen molar-refractivity contribution in [1.82, 2.24) is 24.3 Å². The predicted molar refractivity (Wildman–Crippen MR) is 112 cm³/mol. The SMILES string of the molecule is COc1cc(Cc2nc3n(n2)C(c2ccccc2)CCO3)ccc1-n1cnc(C)c1. The molecule has 1 aliphatic heterocycles. The summed E-state index contributed by atoms with van der Waals surface area (Å²) in [5, 5.41) is 4.77. The van der Waals surface area contributed by atoms with Crippen LogP contribution in [0.2, 0.25) is 0 Å². The van der Waals surface area contributed by atoms with Crippen LogP contribution in [0.4, 0.5) is 0 Å². The van der Waals surface area contributed by atoms with Crippen molar-refractivity contribution in [3.8, 4) is 17.4 Å². The standard InChI is InChI=1S/C23H23N5O2/c1-16-14-27(15-24-16)20-9-8-17(12-21(20)29-2)13-22-25-23-28(26-22)19(10-11-30-23)18-6-4-3-5-7-18/h3-9,12,14-15,19H,10-11,13H2,1-2H3. The van der Waals surface area contributed by atoms with Crippen LogP contribution in [0.25, 0.3) is 5.69 Å². The third-order valence-electron chi connectivity index (χ3n) is 5.34. The van der Waals surface area contributed by atoms with E-state index in [1.54, 1.807) is 13.4 Å². The minimum absolute atomic E-state index is 0.151. The maximum absolute atomic E-state index is 5.77. The van der Waals surface area contributed by atoms with Gasteiger partial charge in [0.2, 0.25) is 0 Å². The zero-order chi connectivity index (χ0) is 20.5. The first kappa shape index (κ1) is 18.4. The van der Waals surface area contributed by atoms with Gasteiger partial charge in [-0.3, -0.25) is 0 Å². The van der Waals surface area contributed by atoms with E-state index < -0.39 is 0 Å². The lowest BCUT2D eigenvalue weighted by molar-refractivity contribution is 0.201. The van der Waals surface area contributed by atoms with Gasteiger partial charge in [0.15, 0.2) is 5.82 Å². The fourth-order valence-electron chi connectivity index (χ4n) is 3.88. The van der Waals surface area contributed by atoms with Gasteiger partial charge in [0, 0.05) is 19.0 Å². The molecule has 0 amide bonds. The monoisotopic (exact) mass is 401 g/mol. The molecular formula is C23H23N5O2. The summed E-state index contributed by atoms with van der Waals surface area (Å²) >= 11 is 0. The van der Waals surface area contributed by atoms with Gasteiger partial charge in [-0.1, -0.05) is 36.4 Å². The van der Waals surface area contributed by atoms with E-state index >= 15 is 0 Å². The fraction of sp³-hybridized carbons (Fsp3) is 0.261. The Kier molecular flexibility index (Phi) is 4.71. The average molecular weight is 401 g/mol. The summed E-state index contributed by atoms with van der Waals surface area (Å²) in [5.41, 5.74) is 4.21. The van der Waals surface area contributed by atoms with Crippen molar-refractivity contribution < 1.29 is 9.47 Å². The molecule has 0 radical (unpaired) electrons. The normalized spacial score (nSPS) is 15.5. The summed E-state index contributed by atoms with van der Waals surface area (Å²) in [5.74, 6) is 1.52. The summed E-state index contributed by atoms with van der Waals surface area (Å²) in [6, 6.07) is 17.3. The van der Waals surface area contributed by atoms with E-state index in [4.69, 9.17) is 14.6 Å².